The zero-order chi connectivity index (χ0) is 20.9. The van der Waals surface area contributed by atoms with Gasteiger partial charge in [-0.25, -0.2) is 8.42 Å². The summed E-state index contributed by atoms with van der Waals surface area (Å²) in [5, 5.41) is 5.02. The van der Waals surface area contributed by atoms with Gasteiger partial charge in [0.1, 0.15) is 11.5 Å². The van der Waals surface area contributed by atoms with Crippen molar-refractivity contribution in [3.63, 3.8) is 0 Å². The van der Waals surface area contributed by atoms with Crippen LogP contribution in [0.25, 0.3) is 0 Å². The average Bonchev–Trinajstić information content (AvgIpc) is 3.23. The molecule has 0 aliphatic carbocycles. The van der Waals surface area contributed by atoms with Gasteiger partial charge in [0.05, 0.1) is 24.0 Å². The number of amides is 2. The van der Waals surface area contributed by atoms with Gasteiger partial charge in [-0.05, 0) is 48.5 Å². The molecule has 0 atom stereocenters. The number of anilines is 2. The van der Waals surface area contributed by atoms with Crippen molar-refractivity contribution in [2.45, 2.75) is 4.90 Å². The highest BCUT2D eigenvalue weighted by atomic mass is 32.2. The molecule has 0 radical (unpaired) electrons. The molecule has 3 aromatic rings. The third kappa shape index (κ3) is 5.02. The summed E-state index contributed by atoms with van der Waals surface area (Å²) in [7, 11) is -2.50. The van der Waals surface area contributed by atoms with Gasteiger partial charge < -0.3 is 19.8 Å². The molecule has 8 nitrogen and oxygen atoms in total. The van der Waals surface area contributed by atoms with Gasteiger partial charge in [-0.15, -0.1) is 0 Å². The molecule has 0 fully saturated rings. The summed E-state index contributed by atoms with van der Waals surface area (Å²) in [6, 6.07) is 15.3. The quantitative estimate of drug-likeness (QED) is 0.614. The number of carbonyl (C=O) groups excluding carboxylic acids is 2. The Morgan fingerprint density at radius 1 is 0.966 bits per heavy atom. The first-order valence-corrected chi connectivity index (χ1v) is 10.1. The zero-order valence-electron chi connectivity index (χ0n) is 15.4. The minimum Gasteiger partial charge on any atom is -0.497 e. The van der Waals surface area contributed by atoms with Crippen molar-refractivity contribution in [1.29, 1.82) is 0 Å². The van der Waals surface area contributed by atoms with Crippen LogP contribution in [-0.2, 0) is 14.6 Å². The van der Waals surface area contributed by atoms with E-state index in [9.17, 15) is 18.0 Å². The van der Waals surface area contributed by atoms with Gasteiger partial charge in [0.25, 0.3) is 5.91 Å². The number of para-hydroxylation sites is 1. The van der Waals surface area contributed by atoms with Gasteiger partial charge in [0.2, 0.25) is 5.91 Å². The van der Waals surface area contributed by atoms with Gasteiger partial charge in [0.15, 0.2) is 15.6 Å². The van der Waals surface area contributed by atoms with Crippen LogP contribution in [0.1, 0.15) is 10.6 Å². The summed E-state index contributed by atoms with van der Waals surface area (Å²) in [5.41, 5.74) is 0.497. The number of sulfone groups is 1. The topological polar surface area (TPSA) is 115 Å². The van der Waals surface area contributed by atoms with Crippen LogP contribution in [0.5, 0.6) is 5.75 Å². The number of ether oxygens (including phenoxy) is 1. The third-order valence-electron chi connectivity index (χ3n) is 3.91. The number of furan rings is 1. The molecule has 29 heavy (non-hydrogen) atoms. The first-order valence-electron chi connectivity index (χ1n) is 8.49. The molecule has 0 spiro atoms. The molecule has 1 aromatic heterocycles. The first kappa shape index (κ1) is 20.2. The molecule has 0 saturated carbocycles. The fourth-order valence-electron chi connectivity index (χ4n) is 2.55. The van der Waals surface area contributed by atoms with E-state index in [0.29, 0.717) is 11.4 Å². The van der Waals surface area contributed by atoms with Gasteiger partial charge in [0, 0.05) is 5.69 Å². The molecule has 3 rings (SSSR count). The lowest BCUT2D eigenvalue weighted by Crippen LogP contribution is -2.24. The van der Waals surface area contributed by atoms with Crippen molar-refractivity contribution in [2.75, 3.05) is 23.5 Å². The van der Waals surface area contributed by atoms with E-state index in [-0.39, 0.29) is 16.3 Å². The van der Waals surface area contributed by atoms with E-state index < -0.39 is 27.4 Å². The molecule has 0 saturated heterocycles. The number of rotatable bonds is 7. The molecule has 0 bridgehead atoms. The van der Waals surface area contributed by atoms with Gasteiger partial charge >= 0.3 is 0 Å². The highest BCUT2D eigenvalue weighted by molar-refractivity contribution is 7.92. The Bertz CT molecular complexity index is 1110. The van der Waals surface area contributed by atoms with Crippen molar-refractivity contribution in [1.82, 2.24) is 0 Å². The lowest BCUT2D eigenvalue weighted by Gasteiger charge is -2.11. The van der Waals surface area contributed by atoms with Crippen LogP contribution in [-0.4, -0.2) is 33.1 Å². The molecule has 150 valence electrons. The largest absolute Gasteiger partial charge is 0.497 e. The molecule has 0 aliphatic rings. The Hall–Kier alpha value is -3.59. The summed E-state index contributed by atoms with van der Waals surface area (Å²) in [4.78, 5) is 24.3. The molecule has 9 heteroatoms. The Kier molecular flexibility index (Phi) is 5.99. The van der Waals surface area contributed by atoms with E-state index in [2.05, 4.69) is 10.6 Å². The Morgan fingerprint density at radius 3 is 2.34 bits per heavy atom. The van der Waals surface area contributed by atoms with Crippen molar-refractivity contribution in [3.8, 4) is 5.75 Å². The Morgan fingerprint density at radius 2 is 1.69 bits per heavy atom. The second-order valence-corrected chi connectivity index (χ2v) is 7.92. The fourth-order valence-corrected chi connectivity index (χ4v) is 3.87. The van der Waals surface area contributed by atoms with Gasteiger partial charge in [-0.2, -0.15) is 0 Å². The number of methoxy groups -OCH3 is 1. The van der Waals surface area contributed by atoms with Crippen LogP contribution in [0.15, 0.2) is 76.2 Å². The minimum absolute atomic E-state index is 0.0365. The van der Waals surface area contributed by atoms with Crippen LogP contribution < -0.4 is 15.4 Å². The lowest BCUT2D eigenvalue weighted by molar-refractivity contribution is -0.113. The highest BCUT2D eigenvalue weighted by Crippen LogP contribution is 2.23. The SMILES string of the molecule is COc1ccc(NC(=O)CS(=O)(=O)c2ccccc2NC(=O)c2ccco2)cc1. The lowest BCUT2D eigenvalue weighted by atomic mass is 10.3. The summed E-state index contributed by atoms with van der Waals surface area (Å²) < 4.78 is 35.6. The maximum atomic E-state index is 12.8. The molecule has 2 N–H and O–H groups in total. The van der Waals surface area contributed by atoms with E-state index in [1.54, 1.807) is 36.4 Å². The Labute approximate surface area is 167 Å². The average molecular weight is 414 g/mol. The van der Waals surface area contributed by atoms with Crippen molar-refractivity contribution in [3.05, 3.63) is 72.7 Å². The van der Waals surface area contributed by atoms with E-state index in [0.717, 1.165) is 0 Å². The number of nitrogens with one attached hydrogen (secondary N) is 2. The number of hydrogen-bond acceptors (Lipinski definition) is 6. The van der Waals surface area contributed by atoms with E-state index in [1.807, 2.05) is 0 Å². The van der Waals surface area contributed by atoms with Crippen LogP contribution in [0.3, 0.4) is 0 Å². The number of benzene rings is 2. The van der Waals surface area contributed by atoms with Gasteiger partial charge in [-0.1, -0.05) is 12.1 Å². The first-order chi connectivity index (χ1) is 13.9. The van der Waals surface area contributed by atoms with E-state index >= 15 is 0 Å². The van der Waals surface area contributed by atoms with E-state index in [4.69, 9.17) is 9.15 Å². The third-order valence-corrected chi connectivity index (χ3v) is 5.58. The predicted molar refractivity (Wildman–Crippen MR) is 107 cm³/mol. The smallest absolute Gasteiger partial charge is 0.291 e. The predicted octanol–water partition coefficient (Wildman–Crippen LogP) is 2.95. The van der Waals surface area contributed by atoms with E-state index in [1.165, 1.54) is 37.6 Å². The zero-order valence-corrected chi connectivity index (χ0v) is 16.2. The molecular formula is C20H18N2O6S. The summed E-state index contributed by atoms with van der Waals surface area (Å²) >= 11 is 0. The number of hydrogen-bond donors (Lipinski definition) is 2. The van der Waals surface area contributed by atoms with Gasteiger partial charge in [-0.3, -0.25) is 9.59 Å². The summed E-state index contributed by atoms with van der Waals surface area (Å²) in [5.74, 6) is -1.44. The summed E-state index contributed by atoms with van der Waals surface area (Å²) in [6.07, 6.45) is 1.33. The monoisotopic (exact) mass is 414 g/mol. The van der Waals surface area contributed by atoms with Crippen LogP contribution in [0.4, 0.5) is 11.4 Å². The minimum atomic E-state index is -4.02. The van der Waals surface area contributed by atoms with Crippen molar-refractivity contribution < 1.29 is 27.2 Å². The molecule has 2 aromatic carbocycles. The Balaban J connectivity index is 1.74. The van der Waals surface area contributed by atoms with Crippen LogP contribution in [0, 0.1) is 0 Å². The maximum absolute atomic E-state index is 12.8. The summed E-state index contributed by atoms with van der Waals surface area (Å²) in [6.45, 7) is 0. The molecular weight excluding hydrogens is 396 g/mol. The van der Waals surface area contributed by atoms with Crippen LogP contribution in [0.2, 0.25) is 0 Å². The molecule has 0 unspecified atom stereocenters. The maximum Gasteiger partial charge on any atom is 0.291 e. The standard InChI is InChI=1S/C20H18N2O6S/c1-27-15-10-8-14(9-11-15)21-19(23)13-29(25,26)18-7-3-2-5-16(18)22-20(24)17-6-4-12-28-17/h2-12H,13H2,1H3,(H,21,23)(H,22,24). The molecule has 2 amide bonds. The van der Waals surface area contributed by atoms with Crippen molar-refractivity contribution >= 4 is 33.0 Å². The number of carbonyl (C=O) groups is 2. The van der Waals surface area contributed by atoms with Crippen LogP contribution >= 0.6 is 0 Å². The molecule has 0 aliphatic heterocycles. The molecule has 1 heterocycles. The second kappa shape index (κ2) is 8.61. The second-order valence-electron chi connectivity index (χ2n) is 5.96. The van der Waals surface area contributed by atoms with Crippen molar-refractivity contribution in [2.24, 2.45) is 0 Å². The normalized spacial score (nSPS) is 10.9. The highest BCUT2D eigenvalue weighted by Gasteiger charge is 2.24. The fraction of sp³-hybridized carbons (Fsp3) is 0.100.